The van der Waals surface area contributed by atoms with E-state index < -0.39 is 5.60 Å². The van der Waals surface area contributed by atoms with Crippen molar-refractivity contribution in [2.45, 2.75) is 52.1 Å². The predicted octanol–water partition coefficient (Wildman–Crippen LogP) is 5.68. The van der Waals surface area contributed by atoms with Crippen molar-refractivity contribution in [1.82, 2.24) is 4.90 Å². The van der Waals surface area contributed by atoms with Crippen molar-refractivity contribution < 1.29 is 14.9 Å². The molecule has 2 aromatic carbocycles. The summed E-state index contributed by atoms with van der Waals surface area (Å²) in [5.41, 5.74) is 1.73. The maximum Gasteiger partial charge on any atom is 0.115 e. The molecule has 4 nitrogen and oxygen atoms in total. The molecule has 0 amide bonds. The van der Waals surface area contributed by atoms with Gasteiger partial charge in [0, 0.05) is 12.5 Å². The minimum atomic E-state index is -0.493. The van der Waals surface area contributed by atoms with Crippen LogP contribution in [0.5, 0.6) is 11.5 Å². The number of hydrogen-bond donors (Lipinski definition) is 2. The standard InChI is InChI=1S/C24H35NO3.ClH/c1-5-23(19-9-13-21(26)14-10-19)24(6-2,20-11-15-22(27)16-12-20)28-18-17-25(7-3)8-4;/h9-16,23,26-27H,5-8,17-18H2,1-4H3;1H. The second kappa shape index (κ2) is 12.1. The monoisotopic (exact) mass is 421 g/mol. The highest BCUT2D eigenvalue weighted by Gasteiger charge is 2.40. The van der Waals surface area contributed by atoms with E-state index in [-0.39, 0.29) is 29.8 Å². The molecule has 2 N–H and O–H groups in total. The molecule has 162 valence electrons. The highest BCUT2D eigenvalue weighted by Crippen LogP contribution is 2.45. The minimum Gasteiger partial charge on any atom is -0.508 e. The topological polar surface area (TPSA) is 52.9 Å². The fourth-order valence-corrected chi connectivity index (χ4v) is 4.12. The molecule has 0 aliphatic heterocycles. The lowest BCUT2D eigenvalue weighted by molar-refractivity contribution is -0.0808. The second-order valence-electron chi connectivity index (χ2n) is 7.22. The van der Waals surface area contributed by atoms with E-state index in [4.69, 9.17) is 4.74 Å². The van der Waals surface area contributed by atoms with E-state index in [2.05, 4.69) is 32.6 Å². The Kier molecular flexibility index (Phi) is 10.5. The Morgan fingerprint density at radius 1 is 0.862 bits per heavy atom. The van der Waals surface area contributed by atoms with Gasteiger partial charge in [-0.1, -0.05) is 52.0 Å². The van der Waals surface area contributed by atoms with Gasteiger partial charge in [0.05, 0.1) is 12.2 Å². The van der Waals surface area contributed by atoms with Gasteiger partial charge in [0.25, 0.3) is 0 Å². The van der Waals surface area contributed by atoms with Crippen LogP contribution in [0.2, 0.25) is 0 Å². The van der Waals surface area contributed by atoms with E-state index in [0.29, 0.717) is 6.61 Å². The first-order chi connectivity index (χ1) is 13.5. The predicted molar refractivity (Wildman–Crippen MR) is 122 cm³/mol. The molecule has 0 aliphatic carbocycles. The molecule has 0 heterocycles. The van der Waals surface area contributed by atoms with E-state index in [0.717, 1.165) is 43.6 Å². The van der Waals surface area contributed by atoms with Crippen molar-refractivity contribution in [3.8, 4) is 11.5 Å². The normalized spacial score (nSPS) is 14.2. The smallest absolute Gasteiger partial charge is 0.115 e. The van der Waals surface area contributed by atoms with E-state index in [1.54, 1.807) is 24.3 Å². The SMILES string of the molecule is CCC(c1ccc(O)cc1)C(CC)(OCCN(CC)CC)c1ccc(O)cc1.Cl. The molecule has 0 bridgehead atoms. The Balaban J connectivity index is 0.00000420. The summed E-state index contributed by atoms with van der Waals surface area (Å²) in [6.45, 7) is 12.2. The van der Waals surface area contributed by atoms with Gasteiger partial charge in [0.15, 0.2) is 0 Å². The molecule has 0 spiro atoms. The van der Waals surface area contributed by atoms with E-state index in [9.17, 15) is 10.2 Å². The fourth-order valence-electron chi connectivity index (χ4n) is 4.12. The summed E-state index contributed by atoms with van der Waals surface area (Å²) < 4.78 is 6.69. The fraction of sp³-hybridized carbons (Fsp3) is 0.500. The zero-order valence-electron chi connectivity index (χ0n) is 18.1. The number of benzene rings is 2. The molecule has 0 aliphatic rings. The van der Waals surface area contributed by atoms with Crippen LogP contribution in [0, 0.1) is 0 Å². The van der Waals surface area contributed by atoms with Gasteiger partial charge in [-0.3, -0.25) is 0 Å². The summed E-state index contributed by atoms with van der Waals surface area (Å²) in [4.78, 5) is 2.36. The van der Waals surface area contributed by atoms with Crippen LogP contribution in [0.3, 0.4) is 0 Å². The van der Waals surface area contributed by atoms with Gasteiger partial charge < -0.3 is 19.8 Å². The average molecular weight is 422 g/mol. The van der Waals surface area contributed by atoms with Crippen LogP contribution >= 0.6 is 12.4 Å². The molecule has 0 radical (unpaired) electrons. The molecule has 5 heteroatoms. The van der Waals surface area contributed by atoms with E-state index in [1.165, 1.54) is 0 Å². The maximum absolute atomic E-state index is 9.78. The lowest BCUT2D eigenvalue weighted by Gasteiger charge is -2.41. The van der Waals surface area contributed by atoms with Gasteiger partial charge in [-0.2, -0.15) is 0 Å². The van der Waals surface area contributed by atoms with Crippen LogP contribution in [-0.4, -0.2) is 41.4 Å². The third-order valence-corrected chi connectivity index (χ3v) is 5.81. The molecule has 2 rings (SSSR count). The van der Waals surface area contributed by atoms with Crippen LogP contribution in [0.15, 0.2) is 48.5 Å². The summed E-state index contributed by atoms with van der Waals surface area (Å²) in [6, 6.07) is 14.9. The van der Waals surface area contributed by atoms with Crippen LogP contribution < -0.4 is 0 Å². The van der Waals surface area contributed by atoms with Crippen LogP contribution in [0.1, 0.15) is 57.6 Å². The van der Waals surface area contributed by atoms with E-state index in [1.807, 2.05) is 24.3 Å². The third-order valence-electron chi connectivity index (χ3n) is 5.81. The summed E-state index contributed by atoms with van der Waals surface area (Å²) in [5, 5.41) is 19.5. The number of rotatable bonds is 11. The number of hydrogen-bond acceptors (Lipinski definition) is 4. The van der Waals surface area contributed by atoms with Gasteiger partial charge in [-0.15, -0.1) is 12.4 Å². The second-order valence-corrected chi connectivity index (χ2v) is 7.22. The quantitative estimate of drug-likeness (QED) is 0.490. The highest BCUT2D eigenvalue weighted by molar-refractivity contribution is 5.85. The Morgan fingerprint density at radius 3 is 1.83 bits per heavy atom. The van der Waals surface area contributed by atoms with Gasteiger partial charge in [0.1, 0.15) is 11.5 Å². The van der Waals surface area contributed by atoms with Crippen molar-refractivity contribution in [1.29, 1.82) is 0 Å². The van der Waals surface area contributed by atoms with Crippen LogP contribution in [0.25, 0.3) is 0 Å². The van der Waals surface area contributed by atoms with Crippen molar-refractivity contribution in [2.24, 2.45) is 0 Å². The van der Waals surface area contributed by atoms with Crippen LogP contribution in [0.4, 0.5) is 0 Å². The molecule has 0 fully saturated rings. The minimum absolute atomic E-state index is 0. The van der Waals surface area contributed by atoms with Gasteiger partial charge >= 0.3 is 0 Å². The molecule has 2 aromatic rings. The molecule has 0 aromatic heterocycles. The highest BCUT2D eigenvalue weighted by atomic mass is 35.5. The number of halogens is 1. The molecule has 0 saturated heterocycles. The number of ether oxygens (including phenoxy) is 1. The summed E-state index contributed by atoms with van der Waals surface area (Å²) >= 11 is 0. The number of phenols is 2. The Hall–Kier alpha value is -1.75. The molecular weight excluding hydrogens is 386 g/mol. The molecule has 2 unspecified atom stereocenters. The first kappa shape index (κ1) is 25.3. The lowest BCUT2D eigenvalue weighted by atomic mass is 9.74. The number of likely N-dealkylation sites (N-methyl/N-ethyl adjacent to an activating group) is 1. The zero-order chi connectivity index (χ0) is 20.6. The van der Waals surface area contributed by atoms with Gasteiger partial charge in [-0.25, -0.2) is 0 Å². The average Bonchev–Trinajstić information content (AvgIpc) is 2.72. The van der Waals surface area contributed by atoms with E-state index >= 15 is 0 Å². The molecule has 2 atom stereocenters. The third kappa shape index (κ3) is 6.11. The number of aromatic hydroxyl groups is 2. The van der Waals surface area contributed by atoms with Crippen molar-refractivity contribution in [2.75, 3.05) is 26.2 Å². The maximum atomic E-state index is 9.78. The van der Waals surface area contributed by atoms with Gasteiger partial charge in [-0.05, 0) is 61.3 Å². The Labute approximate surface area is 181 Å². The van der Waals surface area contributed by atoms with Crippen molar-refractivity contribution >= 4 is 12.4 Å². The summed E-state index contributed by atoms with van der Waals surface area (Å²) in [7, 11) is 0. The number of phenolic OH excluding ortho intramolecular Hbond substituents is 2. The zero-order valence-corrected chi connectivity index (χ0v) is 18.9. The molecule has 0 saturated carbocycles. The lowest BCUT2D eigenvalue weighted by Crippen LogP contribution is -2.39. The van der Waals surface area contributed by atoms with Crippen molar-refractivity contribution in [3.63, 3.8) is 0 Å². The van der Waals surface area contributed by atoms with Gasteiger partial charge in [0.2, 0.25) is 0 Å². The van der Waals surface area contributed by atoms with Crippen molar-refractivity contribution in [3.05, 3.63) is 59.7 Å². The molecule has 29 heavy (non-hydrogen) atoms. The largest absolute Gasteiger partial charge is 0.508 e. The number of nitrogens with zero attached hydrogens (tertiary/aromatic N) is 1. The Morgan fingerprint density at radius 2 is 1.38 bits per heavy atom. The summed E-state index contributed by atoms with van der Waals surface area (Å²) in [6.07, 6.45) is 1.72. The first-order valence-corrected chi connectivity index (χ1v) is 10.4. The summed E-state index contributed by atoms with van der Waals surface area (Å²) in [5.74, 6) is 0.668. The van der Waals surface area contributed by atoms with Crippen LogP contribution in [-0.2, 0) is 10.3 Å². The Bertz CT molecular complexity index is 701. The molecular formula is C24H36ClNO3. The first-order valence-electron chi connectivity index (χ1n) is 10.4.